The molecular formula is C19H17N3. The normalized spacial score (nSPS) is 21.8. The molecule has 1 N–H and O–H groups in total. The van der Waals surface area contributed by atoms with E-state index in [1.807, 2.05) is 24.5 Å². The zero-order valence-electron chi connectivity index (χ0n) is 12.4. The predicted molar refractivity (Wildman–Crippen MR) is 90.9 cm³/mol. The first-order valence-corrected chi connectivity index (χ1v) is 7.52. The van der Waals surface area contributed by atoms with Crippen molar-refractivity contribution in [1.82, 2.24) is 4.98 Å². The Kier molecular flexibility index (Phi) is 3.11. The van der Waals surface area contributed by atoms with Gasteiger partial charge in [0.05, 0.1) is 0 Å². The smallest absolute Gasteiger partial charge is 0.131 e. The largest absolute Gasteiger partial charge is 0.328 e. The Morgan fingerprint density at radius 1 is 1.05 bits per heavy atom. The highest BCUT2D eigenvalue weighted by Crippen LogP contribution is 2.37. The lowest BCUT2D eigenvalue weighted by atomic mass is 9.77. The maximum Gasteiger partial charge on any atom is 0.131 e. The Morgan fingerprint density at radius 3 is 2.86 bits per heavy atom. The van der Waals surface area contributed by atoms with Crippen LogP contribution in [-0.4, -0.2) is 10.8 Å². The molecule has 1 aliphatic heterocycles. The Labute approximate surface area is 130 Å². The Hall–Kier alpha value is -2.68. The van der Waals surface area contributed by atoms with Gasteiger partial charge in [-0.1, -0.05) is 42.5 Å². The summed E-state index contributed by atoms with van der Waals surface area (Å²) < 4.78 is 0. The van der Waals surface area contributed by atoms with Crippen LogP contribution < -0.4 is 5.32 Å². The molecule has 0 bridgehead atoms. The minimum atomic E-state index is 0.238. The molecule has 0 amide bonds. The average Bonchev–Trinajstić information content (AvgIpc) is 2.55. The van der Waals surface area contributed by atoms with Gasteiger partial charge in [-0.3, -0.25) is 0 Å². The lowest BCUT2D eigenvalue weighted by Gasteiger charge is -2.30. The molecule has 0 saturated heterocycles. The zero-order valence-corrected chi connectivity index (χ0v) is 12.4. The lowest BCUT2D eigenvalue weighted by Crippen LogP contribution is -2.30. The molecule has 108 valence electrons. The van der Waals surface area contributed by atoms with Gasteiger partial charge in [0.25, 0.3) is 0 Å². The van der Waals surface area contributed by atoms with E-state index in [0.29, 0.717) is 5.92 Å². The summed E-state index contributed by atoms with van der Waals surface area (Å²) in [6.07, 6.45) is 10.3. The maximum atomic E-state index is 4.55. The van der Waals surface area contributed by atoms with Crippen LogP contribution in [0.3, 0.4) is 0 Å². The minimum absolute atomic E-state index is 0.238. The number of benzene rings is 1. The molecular weight excluding hydrogens is 270 g/mol. The molecule has 0 fully saturated rings. The van der Waals surface area contributed by atoms with Crippen LogP contribution in [0.2, 0.25) is 0 Å². The number of hydrogen-bond acceptors (Lipinski definition) is 3. The second-order valence-corrected chi connectivity index (χ2v) is 5.74. The highest BCUT2D eigenvalue weighted by molar-refractivity contribution is 6.00. The van der Waals surface area contributed by atoms with Gasteiger partial charge in [-0.25, -0.2) is 9.98 Å². The van der Waals surface area contributed by atoms with Crippen molar-refractivity contribution in [3.63, 3.8) is 0 Å². The third-order valence-electron chi connectivity index (χ3n) is 4.22. The third-order valence-corrected chi connectivity index (χ3v) is 4.22. The van der Waals surface area contributed by atoms with Gasteiger partial charge in [0, 0.05) is 24.2 Å². The molecule has 1 aromatic heterocycles. The van der Waals surface area contributed by atoms with E-state index < -0.39 is 0 Å². The SMILES string of the molecule is Cc1ccnc(NC2=NC=CC3c4ccccc4C=CC23)c1. The number of rotatable bonds is 1. The van der Waals surface area contributed by atoms with Gasteiger partial charge in [0.15, 0.2) is 0 Å². The van der Waals surface area contributed by atoms with Crippen LogP contribution in [-0.2, 0) is 0 Å². The molecule has 1 aromatic carbocycles. The zero-order chi connectivity index (χ0) is 14.9. The molecule has 2 atom stereocenters. The molecule has 2 heterocycles. The highest BCUT2D eigenvalue weighted by Gasteiger charge is 2.30. The molecule has 3 heteroatoms. The van der Waals surface area contributed by atoms with Crippen LogP contribution >= 0.6 is 0 Å². The molecule has 22 heavy (non-hydrogen) atoms. The van der Waals surface area contributed by atoms with Crippen LogP contribution in [0.4, 0.5) is 5.82 Å². The molecule has 2 aromatic rings. The van der Waals surface area contributed by atoms with E-state index >= 15 is 0 Å². The topological polar surface area (TPSA) is 37.3 Å². The first-order valence-electron chi connectivity index (χ1n) is 7.52. The summed E-state index contributed by atoms with van der Waals surface area (Å²) in [5.74, 6) is 2.38. The fraction of sp³-hybridized carbons (Fsp3) is 0.158. The molecule has 4 rings (SSSR count). The van der Waals surface area contributed by atoms with E-state index in [4.69, 9.17) is 0 Å². The minimum Gasteiger partial charge on any atom is -0.328 e. The monoisotopic (exact) mass is 287 g/mol. The van der Waals surface area contributed by atoms with E-state index in [-0.39, 0.29) is 5.92 Å². The van der Waals surface area contributed by atoms with Crippen LogP contribution in [0.1, 0.15) is 22.6 Å². The van der Waals surface area contributed by atoms with Crippen LogP contribution in [0, 0.1) is 12.8 Å². The maximum absolute atomic E-state index is 4.55. The van der Waals surface area contributed by atoms with Crippen molar-refractivity contribution < 1.29 is 0 Å². The van der Waals surface area contributed by atoms with E-state index in [9.17, 15) is 0 Å². The van der Waals surface area contributed by atoms with Gasteiger partial charge in [0.2, 0.25) is 0 Å². The Bertz CT molecular complexity index is 802. The molecule has 1 aliphatic carbocycles. The van der Waals surface area contributed by atoms with Crippen molar-refractivity contribution in [2.24, 2.45) is 10.9 Å². The number of hydrogen-bond donors (Lipinski definition) is 1. The molecule has 0 radical (unpaired) electrons. The van der Waals surface area contributed by atoms with Crippen molar-refractivity contribution in [3.8, 4) is 0 Å². The Morgan fingerprint density at radius 2 is 1.95 bits per heavy atom. The number of nitrogens with one attached hydrogen (secondary N) is 1. The highest BCUT2D eigenvalue weighted by atomic mass is 15.1. The van der Waals surface area contributed by atoms with Crippen LogP contribution in [0.15, 0.2) is 65.9 Å². The van der Waals surface area contributed by atoms with E-state index in [2.05, 4.69) is 64.7 Å². The van der Waals surface area contributed by atoms with Crippen molar-refractivity contribution in [1.29, 1.82) is 0 Å². The van der Waals surface area contributed by atoms with Gasteiger partial charge in [-0.05, 0) is 35.7 Å². The number of allylic oxidation sites excluding steroid dienone is 1. The first-order chi connectivity index (χ1) is 10.8. The number of pyridine rings is 1. The number of aliphatic imine (C=N–C) groups is 1. The summed E-state index contributed by atoms with van der Waals surface area (Å²) in [5, 5.41) is 3.39. The fourth-order valence-electron chi connectivity index (χ4n) is 3.12. The van der Waals surface area contributed by atoms with Crippen molar-refractivity contribution in [2.45, 2.75) is 12.8 Å². The summed E-state index contributed by atoms with van der Waals surface area (Å²) in [7, 11) is 0. The van der Waals surface area contributed by atoms with E-state index in [0.717, 1.165) is 11.7 Å². The number of aromatic nitrogens is 1. The number of amidine groups is 1. The summed E-state index contributed by atoms with van der Waals surface area (Å²) in [6.45, 7) is 2.06. The van der Waals surface area contributed by atoms with Gasteiger partial charge in [-0.2, -0.15) is 0 Å². The average molecular weight is 287 g/mol. The van der Waals surface area contributed by atoms with Gasteiger partial charge >= 0.3 is 0 Å². The predicted octanol–water partition coefficient (Wildman–Crippen LogP) is 4.15. The second kappa shape index (κ2) is 5.26. The van der Waals surface area contributed by atoms with Crippen molar-refractivity contribution in [2.75, 3.05) is 5.32 Å². The summed E-state index contributed by atoms with van der Waals surface area (Å²) in [5.41, 5.74) is 3.84. The number of aryl methyl sites for hydroxylation is 1. The van der Waals surface area contributed by atoms with Gasteiger partial charge in [0.1, 0.15) is 11.7 Å². The Balaban J connectivity index is 1.66. The van der Waals surface area contributed by atoms with Crippen LogP contribution in [0.5, 0.6) is 0 Å². The van der Waals surface area contributed by atoms with Gasteiger partial charge < -0.3 is 5.32 Å². The van der Waals surface area contributed by atoms with Crippen molar-refractivity contribution in [3.05, 3.63) is 77.6 Å². The van der Waals surface area contributed by atoms with Gasteiger partial charge in [-0.15, -0.1) is 0 Å². The lowest BCUT2D eigenvalue weighted by molar-refractivity contribution is 0.720. The number of nitrogens with zero attached hydrogens (tertiary/aromatic N) is 2. The van der Waals surface area contributed by atoms with E-state index in [1.54, 1.807) is 0 Å². The number of fused-ring (bicyclic) bond motifs is 3. The van der Waals surface area contributed by atoms with Crippen molar-refractivity contribution >= 4 is 17.7 Å². The number of anilines is 1. The first kappa shape index (κ1) is 13.0. The quantitative estimate of drug-likeness (QED) is 0.855. The molecule has 3 nitrogen and oxygen atoms in total. The molecule has 0 saturated carbocycles. The summed E-state index contributed by atoms with van der Waals surface area (Å²) >= 11 is 0. The fourth-order valence-corrected chi connectivity index (χ4v) is 3.12. The van der Waals surface area contributed by atoms with Crippen LogP contribution in [0.25, 0.3) is 6.08 Å². The third kappa shape index (κ3) is 2.25. The summed E-state index contributed by atoms with van der Waals surface area (Å²) in [4.78, 5) is 8.92. The standard InChI is InChI=1S/C19H17N3/c1-13-8-10-20-18(12-13)22-19-17-7-6-14-4-2-3-5-15(14)16(17)9-11-21-19/h2-12,16-17H,1H3,(H,20,21,22). The molecule has 0 spiro atoms. The second-order valence-electron chi connectivity index (χ2n) is 5.74. The molecule has 2 unspecified atom stereocenters. The van der Waals surface area contributed by atoms with E-state index in [1.165, 1.54) is 16.7 Å². The summed E-state index contributed by atoms with van der Waals surface area (Å²) in [6, 6.07) is 12.6. The molecule has 2 aliphatic rings.